The molecule has 0 spiro atoms. The Morgan fingerprint density at radius 2 is 2.26 bits per heavy atom. The molecule has 19 heavy (non-hydrogen) atoms. The first-order chi connectivity index (χ1) is 9.05. The van der Waals surface area contributed by atoms with Crippen molar-refractivity contribution in [2.24, 2.45) is 0 Å². The van der Waals surface area contributed by atoms with Gasteiger partial charge in [0.15, 0.2) is 0 Å². The van der Waals surface area contributed by atoms with Crippen molar-refractivity contribution in [2.75, 3.05) is 6.54 Å². The van der Waals surface area contributed by atoms with Crippen molar-refractivity contribution in [3.63, 3.8) is 0 Å². The predicted molar refractivity (Wildman–Crippen MR) is 71.1 cm³/mol. The molecule has 5 heteroatoms. The van der Waals surface area contributed by atoms with E-state index in [0.717, 1.165) is 5.56 Å². The Hall–Kier alpha value is -1.91. The molecule has 1 aliphatic rings. The van der Waals surface area contributed by atoms with E-state index >= 15 is 0 Å². The Bertz CT molecular complexity index is 475. The Morgan fingerprint density at radius 1 is 1.47 bits per heavy atom. The lowest BCUT2D eigenvalue weighted by Crippen LogP contribution is -2.54. The van der Waals surface area contributed by atoms with Gasteiger partial charge in [0.1, 0.15) is 5.54 Å². The molecule has 1 atom stereocenters. The molecule has 2 heterocycles. The smallest absolute Gasteiger partial charge is 0.248 e. The molecule has 1 aromatic rings. The fourth-order valence-electron chi connectivity index (χ4n) is 2.21. The summed E-state index contributed by atoms with van der Waals surface area (Å²) >= 11 is 0. The van der Waals surface area contributed by atoms with Gasteiger partial charge in [0, 0.05) is 31.9 Å². The van der Waals surface area contributed by atoms with Gasteiger partial charge in [-0.15, -0.1) is 0 Å². The SMILES string of the molecule is CCC1(C)NC(=O)CCN(Cc2cccnc2)C1=O. The molecule has 1 N–H and O–H groups in total. The van der Waals surface area contributed by atoms with E-state index in [2.05, 4.69) is 10.3 Å². The van der Waals surface area contributed by atoms with Crippen LogP contribution in [-0.2, 0) is 16.1 Å². The normalized spacial score (nSPS) is 24.0. The topological polar surface area (TPSA) is 62.3 Å². The first-order valence-electron chi connectivity index (χ1n) is 6.54. The molecular weight excluding hydrogens is 242 g/mol. The minimum Gasteiger partial charge on any atom is -0.342 e. The number of carbonyl (C=O) groups is 2. The number of rotatable bonds is 3. The monoisotopic (exact) mass is 261 g/mol. The quantitative estimate of drug-likeness (QED) is 0.886. The molecule has 1 saturated heterocycles. The third-order valence-corrected chi connectivity index (χ3v) is 3.59. The number of hydrogen-bond acceptors (Lipinski definition) is 3. The molecule has 2 rings (SSSR count). The lowest BCUT2D eigenvalue weighted by molar-refractivity contribution is -0.138. The van der Waals surface area contributed by atoms with E-state index in [1.807, 2.05) is 19.1 Å². The second-order valence-electron chi connectivity index (χ2n) is 5.07. The fraction of sp³-hybridized carbons (Fsp3) is 0.500. The van der Waals surface area contributed by atoms with Crippen molar-refractivity contribution >= 4 is 11.8 Å². The highest BCUT2D eigenvalue weighted by molar-refractivity contribution is 5.93. The number of carbonyl (C=O) groups excluding carboxylic acids is 2. The number of hydrogen-bond donors (Lipinski definition) is 1. The summed E-state index contributed by atoms with van der Waals surface area (Å²) < 4.78 is 0. The van der Waals surface area contributed by atoms with Crippen molar-refractivity contribution in [3.05, 3.63) is 30.1 Å². The molecule has 1 aromatic heterocycles. The molecule has 0 aromatic carbocycles. The van der Waals surface area contributed by atoms with Crippen LogP contribution in [0.3, 0.4) is 0 Å². The van der Waals surface area contributed by atoms with Crippen LogP contribution in [0, 0.1) is 0 Å². The minimum absolute atomic E-state index is 0.0234. The maximum Gasteiger partial charge on any atom is 0.248 e. The second-order valence-corrected chi connectivity index (χ2v) is 5.07. The summed E-state index contributed by atoms with van der Waals surface area (Å²) in [5.41, 5.74) is 0.180. The maximum atomic E-state index is 12.5. The van der Waals surface area contributed by atoms with Crippen LogP contribution in [0.1, 0.15) is 32.3 Å². The van der Waals surface area contributed by atoms with Gasteiger partial charge in [0.05, 0.1) is 0 Å². The van der Waals surface area contributed by atoms with Crippen LogP contribution >= 0.6 is 0 Å². The van der Waals surface area contributed by atoms with Crippen LogP contribution in [0.15, 0.2) is 24.5 Å². The van der Waals surface area contributed by atoms with Crippen LogP contribution in [0.25, 0.3) is 0 Å². The van der Waals surface area contributed by atoms with Crippen molar-refractivity contribution in [3.8, 4) is 0 Å². The zero-order valence-electron chi connectivity index (χ0n) is 11.3. The fourth-order valence-corrected chi connectivity index (χ4v) is 2.21. The predicted octanol–water partition coefficient (Wildman–Crippen LogP) is 1.10. The summed E-state index contributed by atoms with van der Waals surface area (Å²) in [7, 11) is 0. The van der Waals surface area contributed by atoms with Gasteiger partial charge in [-0.25, -0.2) is 0 Å². The summed E-state index contributed by atoms with van der Waals surface area (Å²) in [5, 5.41) is 2.82. The number of nitrogens with one attached hydrogen (secondary N) is 1. The highest BCUT2D eigenvalue weighted by Gasteiger charge is 2.38. The van der Waals surface area contributed by atoms with Gasteiger partial charge in [0.25, 0.3) is 0 Å². The summed E-state index contributed by atoms with van der Waals surface area (Å²) in [5.74, 6) is -0.0870. The van der Waals surface area contributed by atoms with Gasteiger partial charge in [-0.2, -0.15) is 0 Å². The summed E-state index contributed by atoms with van der Waals surface area (Å²) in [6.45, 7) is 4.65. The van der Waals surface area contributed by atoms with E-state index in [0.29, 0.717) is 25.9 Å². The molecule has 102 valence electrons. The number of amides is 2. The third-order valence-electron chi connectivity index (χ3n) is 3.59. The van der Waals surface area contributed by atoms with Gasteiger partial charge in [-0.1, -0.05) is 13.0 Å². The molecule has 1 fully saturated rings. The Morgan fingerprint density at radius 3 is 2.89 bits per heavy atom. The van der Waals surface area contributed by atoms with Crippen LogP contribution < -0.4 is 5.32 Å². The zero-order valence-corrected chi connectivity index (χ0v) is 11.3. The first-order valence-corrected chi connectivity index (χ1v) is 6.54. The first kappa shape index (κ1) is 13.5. The molecule has 2 amide bonds. The van der Waals surface area contributed by atoms with Gasteiger partial charge >= 0.3 is 0 Å². The van der Waals surface area contributed by atoms with Crippen LogP contribution in [0.2, 0.25) is 0 Å². The van der Waals surface area contributed by atoms with Crippen molar-refractivity contribution < 1.29 is 9.59 Å². The van der Waals surface area contributed by atoms with E-state index < -0.39 is 5.54 Å². The van der Waals surface area contributed by atoms with Gasteiger partial charge in [0.2, 0.25) is 11.8 Å². The highest BCUT2D eigenvalue weighted by atomic mass is 16.2. The third kappa shape index (κ3) is 2.92. The lowest BCUT2D eigenvalue weighted by Gasteiger charge is -2.31. The average molecular weight is 261 g/mol. The summed E-state index contributed by atoms with van der Waals surface area (Å²) in [6.07, 6.45) is 4.38. The van der Waals surface area contributed by atoms with E-state index in [1.165, 1.54) is 0 Å². The van der Waals surface area contributed by atoms with E-state index in [-0.39, 0.29) is 11.8 Å². The van der Waals surface area contributed by atoms with E-state index in [1.54, 1.807) is 24.2 Å². The lowest BCUT2D eigenvalue weighted by atomic mass is 9.97. The Labute approximate surface area is 113 Å². The molecule has 1 unspecified atom stereocenters. The van der Waals surface area contributed by atoms with E-state index in [9.17, 15) is 9.59 Å². The molecule has 0 bridgehead atoms. The van der Waals surface area contributed by atoms with Gasteiger partial charge in [-0.05, 0) is 25.0 Å². The van der Waals surface area contributed by atoms with Gasteiger partial charge in [-0.3, -0.25) is 14.6 Å². The van der Waals surface area contributed by atoms with Crippen LogP contribution in [0.4, 0.5) is 0 Å². The van der Waals surface area contributed by atoms with Gasteiger partial charge < -0.3 is 10.2 Å². The molecule has 0 saturated carbocycles. The Balaban J connectivity index is 2.20. The summed E-state index contributed by atoms with van der Waals surface area (Å²) in [6, 6.07) is 3.78. The molecule has 0 aliphatic carbocycles. The molecular formula is C14H19N3O2. The largest absolute Gasteiger partial charge is 0.342 e. The number of aromatic nitrogens is 1. The maximum absolute atomic E-state index is 12.5. The summed E-state index contributed by atoms with van der Waals surface area (Å²) in [4.78, 5) is 30.0. The second kappa shape index (κ2) is 5.38. The van der Waals surface area contributed by atoms with Crippen molar-refractivity contribution in [1.29, 1.82) is 0 Å². The molecule has 0 radical (unpaired) electrons. The average Bonchev–Trinajstić information content (AvgIpc) is 2.52. The van der Waals surface area contributed by atoms with Crippen molar-refractivity contribution in [2.45, 2.75) is 38.8 Å². The zero-order chi connectivity index (χ0) is 13.9. The van der Waals surface area contributed by atoms with Crippen LogP contribution in [-0.4, -0.2) is 33.8 Å². The highest BCUT2D eigenvalue weighted by Crippen LogP contribution is 2.19. The number of nitrogens with zero attached hydrogens (tertiary/aromatic N) is 2. The van der Waals surface area contributed by atoms with Crippen LogP contribution in [0.5, 0.6) is 0 Å². The van der Waals surface area contributed by atoms with Crippen molar-refractivity contribution in [1.82, 2.24) is 15.2 Å². The molecule has 1 aliphatic heterocycles. The van der Waals surface area contributed by atoms with E-state index in [4.69, 9.17) is 0 Å². The molecule has 5 nitrogen and oxygen atoms in total. The minimum atomic E-state index is -0.796. The standard InChI is InChI=1S/C14H19N3O2/c1-3-14(2)13(19)17(8-6-12(18)16-14)10-11-5-4-7-15-9-11/h4-5,7,9H,3,6,8,10H2,1-2H3,(H,16,18). The Kier molecular flexibility index (Phi) is 3.83. The number of pyridine rings is 1.